The molecule has 2 rings (SSSR count). The van der Waals surface area contributed by atoms with E-state index in [0.717, 1.165) is 22.5 Å². The summed E-state index contributed by atoms with van der Waals surface area (Å²) < 4.78 is 5.02. The molecule has 0 aliphatic heterocycles. The minimum Gasteiger partial charge on any atom is -0.481 e. The van der Waals surface area contributed by atoms with Gasteiger partial charge in [0.15, 0.2) is 0 Å². The Morgan fingerprint density at radius 2 is 2.11 bits per heavy atom. The van der Waals surface area contributed by atoms with Crippen molar-refractivity contribution < 1.29 is 4.74 Å². The number of nitrogen functional groups attached to an aromatic ring is 1. The number of nitrogens with zero attached hydrogens (tertiary/aromatic N) is 1. The molecule has 3 N–H and O–H groups in total. The van der Waals surface area contributed by atoms with Gasteiger partial charge in [-0.2, -0.15) is 0 Å². The van der Waals surface area contributed by atoms with E-state index in [1.165, 1.54) is 0 Å². The molecule has 0 aliphatic rings. The van der Waals surface area contributed by atoms with Crippen LogP contribution in [0.25, 0.3) is 0 Å². The van der Waals surface area contributed by atoms with Crippen LogP contribution in [0.15, 0.2) is 36.5 Å². The molecule has 1 aromatic heterocycles. The highest BCUT2D eigenvalue weighted by atomic mass is 16.5. The summed E-state index contributed by atoms with van der Waals surface area (Å²) in [6.07, 6.45) is 1.80. The van der Waals surface area contributed by atoms with E-state index in [-0.39, 0.29) is 0 Å². The zero-order chi connectivity index (χ0) is 13.0. The van der Waals surface area contributed by atoms with Crippen molar-refractivity contribution in [1.29, 1.82) is 0 Å². The van der Waals surface area contributed by atoms with Gasteiger partial charge >= 0.3 is 0 Å². The normalized spacial score (nSPS) is 10.1. The second-order valence-electron chi connectivity index (χ2n) is 4.19. The molecule has 1 aromatic carbocycles. The quantitative estimate of drug-likeness (QED) is 0.810. The molecule has 0 atom stereocenters. The Balaban J connectivity index is 2.01. The topological polar surface area (TPSA) is 60.2 Å². The third-order valence-electron chi connectivity index (χ3n) is 2.60. The van der Waals surface area contributed by atoms with Gasteiger partial charge in [-0.25, -0.2) is 4.98 Å². The van der Waals surface area contributed by atoms with Crippen LogP contribution in [0.3, 0.4) is 0 Å². The molecule has 0 fully saturated rings. The lowest BCUT2D eigenvalue weighted by atomic mass is 10.2. The number of hydrogen-bond acceptors (Lipinski definition) is 4. The summed E-state index contributed by atoms with van der Waals surface area (Å²) >= 11 is 0. The molecule has 0 spiro atoms. The van der Waals surface area contributed by atoms with E-state index in [4.69, 9.17) is 10.5 Å². The number of rotatable bonds is 4. The average molecular weight is 243 g/mol. The molecular weight excluding hydrogens is 226 g/mol. The van der Waals surface area contributed by atoms with E-state index in [9.17, 15) is 0 Å². The molecule has 0 unspecified atom stereocenters. The largest absolute Gasteiger partial charge is 0.481 e. The van der Waals surface area contributed by atoms with Gasteiger partial charge in [0.25, 0.3) is 0 Å². The molecule has 0 saturated carbocycles. The monoisotopic (exact) mass is 243 g/mol. The van der Waals surface area contributed by atoms with E-state index >= 15 is 0 Å². The molecule has 4 heteroatoms. The lowest BCUT2D eigenvalue weighted by molar-refractivity contribution is 0.397. The van der Waals surface area contributed by atoms with Gasteiger partial charge in [-0.3, -0.25) is 0 Å². The second-order valence-corrected chi connectivity index (χ2v) is 4.19. The van der Waals surface area contributed by atoms with Crippen LogP contribution in [0.5, 0.6) is 5.88 Å². The van der Waals surface area contributed by atoms with Crippen LogP contribution in [-0.2, 0) is 6.54 Å². The molecule has 94 valence electrons. The molecule has 18 heavy (non-hydrogen) atoms. The number of aromatic nitrogens is 1. The average Bonchev–Trinajstić information content (AvgIpc) is 2.36. The number of nitrogens with one attached hydrogen (secondary N) is 1. The summed E-state index contributed by atoms with van der Waals surface area (Å²) in [6, 6.07) is 9.76. The Morgan fingerprint density at radius 1 is 1.28 bits per heavy atom. The maximum Gasteiger partial charge on any atom is 0.212 e. The Kier molecular flexibility index (Phi) is 3.67. The first kappa shape index (κ1) is 12.2. The maximum absolute atomic E-state index is 5.80. The van der Waals surface area contributed by atoms with Crippen molar-refractivity contribution in [3.63, 3.8) is 0 Å². The highest BCUT2D eigenvalue weighted by Crippen LogP contribution is 2.17. The lowest BCUT2D eigenvalue weighted by Gasteiger charge is -2.08. The van der Waals surface area contributed by atoms with Gasteiger partial charge in [0.05, 0.1) is 7.11 Å². The number of nitrogens with two attached hydrogens (primary N) is 1. The molecule has 0 radical (unpaired) electrons. The maximum atomic E-state index is 5.80. The highest BCUT2D eigenvalue weighted by Gasteiger charge is 1.98. The van der Waals surface area contributed by atoms with Gasteiger partial charge in [-0.15, -0.1) is 0 Å². The van der Waals surface area contributed by atoms with Crippen LogP contribution in [0.1, 0.15) is 11.1 Å². The smallest absolute Gasteiger partial charge is 0.212 e. The number of aryl methyl sites for hydroxylation is 1. The number of benzene rings is 1. The zero-order valence-corrected chi connectivity index (χ0v) is 10.6. The highest BCUT2D eigenvalue weighted by molar-refractivity contribution is 5.56. The van der Waals surface area contributed by atoms with Crippen molar-refractivity contribution in [2.24, 2.45) is 0 Å². The molecule has 1 heterocycles. The molecule has 4 nitrogen and oxygen atoms in total. The Bertz CT molecular complexity index is 503. The van der Waals surface area contributed by atoms with E-state index in [1.54, 1.807) is 13.3 Å². The third-order valence-corrected chi connectivity index (χ3v) is 2.60. The van der Waals surface area contributed by atoms with Gasteiger partial charge in [0.1, 0.15) is 0 Å². The van der Waals surface area contributed by atoms with Crippen LogP contribution in [0, 0.1) is 6.92 Å². The molecule has 0 bridgehead atoms. The predicted molar refractivity (Wildman–Crippen MR) is 73.7 cm³/mol. The van der Waals surface area contributed by atoms with E-state index in [0.29, 0.717) is 12.4 Å². The minimum absolute atomic E-state index is 0.624. The predicted octanol–water partition coefficient (Wildman–Crippen LogP) is 2.59. The minimum atomic E-state index is 0.624. The van der Waals surface area contributed by atoms with Crippen LogP contribution >= 0.6 is 0 Å². The third kappa shape index (κ3) is 3.13. The number of hydrogen-bond donors (Lipinski definition) is 2. The lowest BCUT2D eigenvalue weighted by Crippen LogP contribution is -2.01. The van der Waals surface area contributed by atoms with E-state index in [1.807, 2.05) is 31.2 Å². The summed E-state index contributed by atoms with van der Waals surface area (Å²) in [7, 11) is 1.61. The molecule has 0 amide bonds. The molecular formula is C14H17N3O. The van der Waals surface area contributed by atoms with Gasteiger partial charge in [-0.05, 0) is 36.2 Å². The zero-order valence-electron chi connectivity index (χ0n) is 10.6. The van der Waals surface area contributed by atoms with Gasteiger partial charge in [-0.1, -0.05) is 6.07 Å². The Hall–Kier alpha value is -2.23. The summed E-state index contributed by atoms with van der Waals surface area (Å²) in [6.45, 7) is 2.73. The Morgan fingerprint density at radius 3 is 2.72 bits per heavy atom. The number of anilines is 2. The van der Waals surface area contributed by atoms with Gasteiger partial charge < -0.3 is 15.8 Å². The first-order valence-electron chi connectivity index (χ1n) is 5.77. The number of pyridine rings is 1. The summed E-state index contributed by atoms with van der Waals surface area (Å²) in [5.41, 5.74) is 9.82. The van der Waals surface area contributed by atoms with Crippen LogP contribution in [0.4, 0.5) is 11.4 Å². The van der Waals surface area contributed by atoms with E-state index < -0.39 is 0 Å². The van der Waals surface area contributed by atoms with Crippen LogP contribution in [0.2, 0.25) is 0 Å². The van der Waals surface area contributed by atoms with Crippen molar-refractivity contribution in [3.05, 3.63) is 47.7 Å². The fourth-order valence-corrected chi connectivity index (χ4v) is 1.76. The van der Waals surface area contributed by atoms with Crippen molar-refractivity contribution in [2.45, 2.75) is 13.5 Å². The van der Waals surface area contributed by atoms with Gasteiger partial charge in [0, 0.05) is 30.2 Å². The fourth-order valence-electron chi connectivity index (χ4n) is 1.76. The molecule has 2 aromatic rings. The second kappa shape index (κ2) is 5.40. The Labute approximate surface area is 107 Å². The van der Waals surface area contributed by atoms with Gasteiger partial charge in [0.2, 0.25) is 5.88 Å². The SMILES string of the molecule is COc1ccc(CNc2cc(C)cc(N)c2)cn1. The van der Waals surface area contributed by atoms with Crippen molar-refractivity contribution in [2.75, 3.05) is 18.2 Å². The summed E-state index contributed by atoms with van der Waals surface area (Å²) in [5.74, 6) is 0.624. The van der Waals surface area contributed by atoms with Crippen LogP contribution < -0.4 is 15.8 Å². The van der Waals surface area contributed by atoms with Crippen molar-refractivity contribution >= 4 is 11.4 Å². The summed E-state index contributed by atoms with van der Waals surface area (Å²) in [4.78, 5) is 4.16. The number of methoxy groups -OCH3 is 1. The van der Waals surface area contributed by atoms with Crippen LogP contribution in [-0.4, -0.2) is 12.1 Å². The molecule has 0 saturated heterocycles. The first-order valence-corrected chi connectivity index (χ1v) is 5.77. The van der Waals surface area contributed by atoms with Crippen molar-refractivity contribution in [3.8, 4) is 5.88 Å². The molecule has 0 aliphatic carbocycles. The first-order chi connectivity index (χ1) is 8.67. The fraction of sp³-hybridized carbons (Fsp3) is 0.214. The van der Waals surface area contributed by atoms with E-state index in [2.05, 4.69) is 16.4 Å². The standard InChI is InChI=1S/C14H17N3O/c1-10-5-12(15)7-13(6-10)16-8-11-3-4-14(18-2)17-9-11/h3-7,9,16H,8,15H2,1-2H3. The number of ether oxygens (including phenoxy) is 1. The van der Waals surface area contributed by atoms with Crippen molar-refractivity contribution in [1.82, 2.24) is 4.98 Å². The summed E-state index contributed by atoms with van der Waals surface area (Å²) in [5, 5.41) is 3.32.